The molecule has 32 heavy (non-hydrogen) atoms. The van der Waals surface area contributed by atoms with Crippen LogP contribution in [0.1, 0.15) is 23.0 Å². The van der Waals surface area contributed by atoms with Crippen molar-refractivity contribution >= 4 is 44.6 Å². The molecule has 2 aromatic rings. The zero-order valence-corrected chi connectivity index (χ0v) is 19.9. The fourth-order valence-corrected chi connectivity index (χ4v) is 4.75. The Bertz CT molecular complexity index is 1090. The molecule has 2 aliphatic rings. The van der Waals surface area contributed by atoms with Gasteiger partial charge in [0.15, 0.2) is 0 Å². The van der Waals surface area contributed by atoms with E-state index < -0.39 is 0 Å². The number of morpholine rings is 1. The van der Waals surface area contributed by atoms with Crippen LogP contribution < -0.4 is 5.32 Å². The van der Waals surface area contributed by atoms with Gasteiger partial charge in [0.05, 0.1) is 24.3 Å². The van der Waals surface area contributed by atoms with E-state index >= 15 is 0 Å². The quantitative estimate of drug-likeness (QED) is 0.634. The highest BCUT2D eigenvalue weighted by Gasteiger charge is 2.31. The molecule has 9 heteroatoms. The minimum atomic E-state index is -0.150. The van der Waals surface area contributed by atoms with E-state index in [0.717, 1.165) is 21.1 Å². The van der Waals surface area contributed by atoms with Crippen LogP contribution in [0.3, 0.4) is 0 Å². The molecule has 4 rings (SSSR count). The van der Waals surface area contributed by atoms with E-state index in [1.807, 2.05) is 41.5 Å². The van der Waals surface area contributed by atoms with Crippen LogP contribution in [-0.4, -0.2) is 77.0 Å². The van der Waals surface area contributed by atoms with Crippen molar-refractivity contribution in [1.29, 1.82) is 0 Å². The van der Waals surface area contributed by atoms with Gasteiger partial charge in [-0.2, -0.15) is 0 Å². The lowest BCUT2D eigenvalue weighted by Gasteiger charge is -2.38. The number of aromatic nitrogens is 1. The van der Waals surface area contributed by atoms with Gasteiger partial charge < -0.3 is 24.4 Å². The topological polar surface area (TPSA) is 83.9 Å². The lowest BCUT2D eigenvalue weighted by Crippen LogP contribution is -2.61. The van der Waals surface area contributed by atoms with Crippen LogP contribution in [0.2, 0.25) is 0 Å². The summed E-state index contributed by atoms with van der Waals surface area (Å²) < 4.78 is 8.34. The summed E-state index contributed by atoms with van der Waals surface area (Å²) in [5.74, 6) is -0.325. The van der Waals surface area contributed by atoms with Gasteiger partial charge in [-0.3, -0.25) is 14.4 Å². The first-order valence-corrected chi connectivity index (χ1v) is 11.5. The van der Waals surface area contributed by atoms with Crippen LogP contribution in [0.4, 0.5) is 0 Å². The number of fused-ring (bicyclic) bond motifs is 1. The molecule has 0 spiro atoms. The summed E-state index contributed by atoms with van der Waals surface area (Å²) in [6, 6.07) is 5.69. The molecule has 3 heterocycles. The molecule has 3 amide bonds. The first kappa shape index (κ1) is 22.5. The predicted molar refractivity (Wildman–Crippen MR) is 124 cm³/mol. The van der Waals surface area contributed by atoms with Crippen molar-refractivity contribution in [2.75, 3.05) is 32.8 Å². The molecule has 1 aromatic heterocycles. The third-order valence-electron chi connectivity index (χ3n) is 6.06. The number of likely N-dealkylation sites (tertiary alicyclic amines) is 1. The molecule has 0 bridgehead atoms. The highest BCUT2D eigenvalue weighted by Crippen LogP contribution is 2.30. The highest BCUT2D eigenvalue weighted by atomic mass is 79.9. The summed E-state index contributed by atoms with van der Waals surface area (Å²) in [7, 11) is 0. The molecule has 1 N–H and O–H groups in total. The molecule has 2 saturated heterocycles. The first-order valence-electron chi connectivity index (χ1n) is 10.7. The number of carbonyl (C=O) groups excluding carboxylic acids is 3. The average Bonchev–Trinajstić information content (AvgIpc) is 2.99. The summed E-state index contributed by atoms with van der Waals surface area (Å²) >= 11 is 3.51. The maximum atomic E-state index is 13.4. The van der Waals surface area contributed by atoms with E-state index in [0.29, 0.717) is 38.3 Å². The van der Waals surface area contributed by atoms with Gasteiger partial charge in [-0.25, -0.2) is 0 Å². The van der Waals surface area contributed by atoms with Crippen molar-refractivity contribution < 1.29 is 19.1 Å². The molecular formula is C23H27BrN4O4. The van der Waals surface area contributed by atoms with Gasteiger partial charge in [0.2, 0.25) is 11.8 Å². The molecule has 1 atom stereocenters. The summed E-state index contributed by atoms with van der Waals surface area (Å²) in [4.78, 5) is 41.3. The lowest BCUT2D eigenvalue weighted by molar-refractivity contribution is -0.133. The molecule has 2 aliphatic heterocycles. The summed E-state index contributed by atoms with van der Waals surface area (Å²) in [5, 5.41) is 3.80. The number of hydrogen-bond donors (Lipinski definition) is 1. The van der Waals surface area contributed by atoms with E-state index in [-0.39, 0.29) is 36.4 Å². The largest absolute Gasteiger partial charge is 0.375 e. The van der Waals surface area contributed by atoms with Crippen LogP contribution in [-0.2, 0) is 20.9 Å². The number of hydrogen-bond acceptors (Lipinski definition) is 4. The number of halogens is 1. The Morgan fingerprint density at radius 3 is 2.69 bits per heavy atom. The Kier molecular flexibility index (Phi) is 6.39. The lowest BCUT2D eigenvalue weighted by atomic mass is 10.1. The number of rotatable bonds is 5. The number of benzene rings is 1. The molecule has 0 aliphatic carbocycles. The molecule has 8 nitrogen and oxygen atoms in total. The van der Waals surface area contributed by atoms with E-state index in [9.17, 15) is 14.4 Å². The Hall–Kier alpha value is -2.65. The molecule has 170 valence electrons. The van der Waals surface area contributed by atoms with Gasteiger partial charge >= 0.3 is 0 Å². The Balaban J connectivity index is 1.56. The first-order chi connectivity index (χ1) is 15.3. The van der Waals surface area contributed by atoms with Gasteiger partial charge in [0.1, 0.15) is 6.54 Å². The van der Waals surface area contributed by atoms with Gasteiger partial charge in [-0.15, -0.1) is 0 Å². The Labute approximate surface area is 195 Å². The van der Waals surface area contributed by atoms with E-state index in [1.165, 1.54) is 6.08 Å². The zero-order valence-electron chi connectivity index (χ0n) is 18.3. The van der Waals surface area contributed by atoms with Crippen LogP contribution >= 0.6 is 15.9 Å². The predicted octanol–water partition coefficient (Wildman–Crippen LogP) is 2.09. The monoisotopic (exact) mass is 502 g/mol. The van der Waals surface area contributed by atoms with Crippen molar-refractivity contribution in [2.45, 2.75) is 32.5 Å². The third-order valence-corrected chi connectivity index (χ3v) is 6.56. The van der Waals surface area contributed by atoms with Crippen LogP contribution in [0.5, 0.6) is 0 Å². The van der Waals surface area contributed by atoms with E-state index in [4.69, 9.17) is 4.74 Å². The van der Waals surface area contributed by atoms with Crippen LogP contribution in [0.25, 0.3) is 10.9 Å². The third kappa shape index (κ3) is 4.31. The van der Waals surface area contributed by atoms with Gasteiger partial charge in [-0.05, 0) is 38.1 Å². The average molecular weight is 503 g/mol. The van der Waals surface area contributed by atoms with Gasteiger partial charge in [-0.1, -0.05) is 22.5 Å². The van der Waals surface area contributed by atoms with Gasteiger partial charge in [0, 0.05) is 47.2 Å². The molecule has 0 saturated carbocycles. The Morgan fingerprint density at radius 1 is 1.25 bits per heavy atom. The van der Waals surface area contributed by atoms with Crippen molar-refractivity contribution in [1.82, 2.24) is 19.7 Å². The standard InChI is InChI=1S/C23H27BrN4O4/c1-4-21(30)27-11-17(12-27)25-20(29)13-28-15(3)22(18-9-16(24)5-6-19(18)28)23(31)26-7-8-32-14(2)10-26/h4-6,9,14,17H,1,7-8,10-13H2,2-3H3,(H,25,29). The summed E-state index contributed by atoms with van der Waals surface area (Å²) in [5.41, 5.74) is 2.21. The number of nitrogens with one attached hydrogen (secondary N) is 1. The van der Waals surface area contributed by atoms with Crippen LogP contribution in [0.15, 0.2) is 35.3 Å². The Morgan fingerprint density at radius 2 is 2.00 bits per heavy atom. The normalized spacial score (nSPS) is 19.0. The highest BCUT2D eigenvalue weighted by molar-refractivity contribution is 9.10. The molecular weight excluding hydrogens is 476 g/mol. The zero-order chi connectivity index (χ0) is 23.0. The second-order valence-corrected chi connectivity index (χ2v) is 9.27. The second kappa shape index (κ2) is 9.07. The van der Waals surface area contributed by atoms with Crippen molar-refractivity contribution in [3.05, 3.63) is 46.6 Å². The van der Waals surface area contributed by atoms with E-state index in [2.05, 4.69) is 27.8 Å². The van der Waals surface area contributed by atoms with Crippen LogP contribution in [0, 0.1) is 6.92 Å². The molecule has 2 fully saturated rings. The molecule has 1 aromatic carbocycles. The van der Waals surface area contributed by atoms with Gasteiger partial charge in [0.25, 0.3) is 5.91 Å². The second-order valence-electron chi connectivity index (χ2n) is 8.35. The number of carbonyl (C=O) groups is 3. The molecule has 0 radical (unpaired) electrons. The number of nitrogens with zero attached hydrogens (tertiary/aromatic N) is 3. The van der Waals surface area contributed by atoms with Crippen molar-refractivity contribution in [3.63, 3.8) is 0 Å². The minimum Gasteiger partial charge on any atom is -0.375 e. The van der Waals surface area contributed by atoms with Crippen molar-refractivity contribution in [2.24, 2.45) is 0 Å². The minimum absolute atomic E-state index is 0.00566. The number of ether oxygens (including phenoxy) is 1. The maximum absolute atomic E-state index is 13.4. The maximum Gasteiger partial charge on any atom is 0.256 e. The smallest absolute Gasteiger partial charge is 0.256 e. The summed E-state index contributed by atoms with van der Waals surface area (Å²) in [6.07, 6.45) is 1.27. The number of amides is 3. The fourth-order valence-electron chi connectivity index (χ4n) is 4.38. The van der Waals surface area contributed by atoms with Crippen molar-refractivity contribution in [3.8, 4) is 0 Å². The molecule has 1 unspecified atom stereocenters. The SMILES string of the molecule is C=CC(=O)N1CC(NC(=O)Cn2c(C)c(C(=O)N3CCOC(C)C3)c3cc(Br)ccc32)C1. The fraction of sp³-hybridized carbons (Fsp3) is 0.435. The van der Waals surface area contributed by atoms with E-state index in [1.54, 1.807) is 4.90 Å². The summed E-state index contributed by atoms with van der Waals surface area (Å²) in [6.45, 7) is 9.99.